The maximum atomic E-state index is 13.5. The first-order valence-electron chi connectivity index (χ1n) is 15.9. The Hall–Kier alpha value is -5.64. The van der Waals surface area contributed by atoms with E-state index in [1.807, 2.05) is 121 Å². The Morgan fingerprint density at radius 2 is 0.750 bits per heavy atom. The molecule has 0 spiro atoms. The van der Waals surface area contributed by atoms with Crippen LogP contribution in [0.2, 0.25) is 0 Å². The van der Waals surface area contributed by atoms with Crippen LogP contribution in [0.1, 0.15) is 36.1 Å². The Labute approximate surface area is 281 Å². The van der Waals surface area contributed by atoms with Crippen LogP contribution in [0.5, 0.6) is 0 Å². The van der Waals surface area contributed by atoms with Gasteiger partial charge in [-0.2, -0.15) is 0 Å². The zero-order valence-electron chi connectivity index (χ0n) is 27.1. The summed E-state index contributed by atoms with van der Waals surface area (Å²) in [6.07, 6.45) is -0.987. The summed E-state index contributed by atoms with van der Waals surface area (Å²) in [6, 6.07) is 34.2. The molecule has 0 aliphatic heterocycles. The van der Waals surface area contributed by atoms with Crippen LogP contribution in [-0.4, -0.2) is 48.2 Å². The Morgan fingerprint density at radius 1 is 0.458 bits per heavy atom. The lowest BCUT2D eigenvalue weighted by Gasteiger charge is -2.27. The van der Waals surface area contributed by atoms with E-state index in [0.29, 0.717) is 0 Å². The first kappa shape index (κ1) is 35.2. The van der Waals surface area contributed by atoms with Crippen LogP contribution >= 0.6 is 0 Å². The summed E-state index contributed by atoms with van der Waals surface area (Å²) in [4.78, 5) is 52.4. The summed E-state index contributed by atoms with van der Waals surface area (Å²) in [5, 5.41) is 11.2. The number of amides is 4. The van der Waals surface area contributed by atoms with Gasteiger partial charge in [0, 0.05) is 24.9 Å². The van der Waals surface area contributed by atoms with Crippen molar-refractivity contribution in [1.29, 1.82) is 0 Å². The van der Waals surface area contributed by atoms with Gasteiger partial charge in [0.05, 0.1) is 0 Å². The molecule has 250 valence electrons. The molecule has 4 amide bonds. The normalized spacial score (nSPS) is 13.1. The molecule has 4 N–H and O–H groups in total. The number of hydrogen-bond donors (Lipinski definition) is 4. The van der Waals surface area contributed by atoms with Crippen molar-refractivity contribution < 1.29 is 28.7 Å². The predicted molar refractivity (Wildman–Crippen MR) is 183 cm³/mol. The van der Waals surface area contributed by atoms with Crippen molar-refractivity contribution in [3.63, 3.8) is 0 Å². The number of carbonyl (C=O) groups is 4. The van der Waals surface area contributed by atoms with Crippen molar-refractivity contribution in [1.82, 2.24) is 21.3 Å². The molecule has 0 saturated heterocycles. The molecule has 0 aromatic heterocycles. The average Bonchev–Trinajstić information content (AvgIpc) is 3.11. The van der Waals surface area contributed by atoms with E-state index in [1.54, 1.807) is 13.8 Å². The maximum Gasteiger partial charge on any atom is 0.408 e. The van der Waals surface area contributed by atoms with Crippen molar-refractivity contribution in [2.45, 2.75) is 64.1 Å². The van der Waals surface area contributed by atoms with E-state index in [-0.39, 0.29) is 26.1 Å². The first-order chi connectivity index (χ1) is 23.3. The lowest BCUT2D eigenvalue weighted by atomic mass is 10.0. The maximum absolute atomic E-state index is 13.5. The quantitative estimate of drug-likeness (QED) is 0.142. The van der Waals surface area contributed by atoms with Crippen LogP contribution in [0.4, 0.5) is 9.59 Å². The summed E-state index contributed by atoms with van der Waals surface area (Å²) in [7, 11) is 0. The first-order valence-corrected chi connectivity index (χ1v) is 15.9. The molecule has 4 aromatic carbocycles. The van der Waals surface area contributed by atoms with Crippen LogP contribution < -0.4 is 21.3 Å². The predicted octanol–water partition coefficient (Wildman–Crippen LogP) is 5.07. The fourth-order valence-electron chi connectivity index (χ4n) is 4.83. The molecule has 48 heavy (non-hydrogen) atoms. The van der Waals surface area contributed by atoms with E-state index in [1.165, 1.54) is 0 Å². The molecule has 0 aliphatic carbocycles. The highest BCUT2D eigenvalue weighted by molar-refractivity contribution is 5.87. The second-order valence-electron chi connectivity index (χ2n) is 11.5. The van der Waals surface area contributed by atoms with Crippen molar-refractivity contribution in [2.75, 3.05) is 0 Å². The van der Waals surface area contributed by atoms with Gasteiger partial charge in [-0.15, -0.1) is 0 Å². The third-order valence-electron chi connectivity index (χ3n) is 7.70. The van der Waals surface area contributed by atoms with Crippen molar-refractivity contribution in [3.8, 4) is 0 Å². The Kier molecular flexibility index (Phi) is 13.6. The standard InChI is InChI=1S/C38H42N4O6/c1-27(39-35(43)33(23-29-15-7-3-8-16-29)41-37(45)47-25-31-19-11-5-12-20-31)28(2)40-36(44)34(24-30-17-9-4-10-18-30)42-38(46)48-26-32-21-13-6-14-22-32/h3-22,27-28,33-34H,23-26H2,1-2H3,(H,39,43)(H,40,44)(H,41,45)(H,42,46)/t27?,28?,33-,34?/m0/s1. The summed E-state index contributed by atoms with van der Waals surface area (Å²) in [5.41, 5.74) is 3.34. The number of carbonyl (C=O) groups excluding carboxylic acids is 4. The fraction of sp³-hybridized carbons (Fsp3) is 0.263. The van der Waals surface area contributed by atoms with E-state index >= 15 is 0 Å². The van der Waals surface area contributed by atoms with Gasteiger partial charge in [0.15, 0.2) is 0 Å². The van der Waals surface area contributed by atoms with E-state index in [2.05, 4.69) is 21.3 Å². The zero-order chi connectivity index (χ0) is 34.1. The molecule has 0 bridgehead atoms. The topological polar surface area (TPSA) is 135 Å². The average molecular weight is 651 g/mol. The molecular formula is C38H42N4O6. The minimum Gasteiger partial charge on any atom is -0.445 e. The lowest BCUT2D eigenvalue weighted by Crippen LogP contribution is -2.57. The highest BCUT2D eigenvalue weighted by atomic mass is 16.6. The molecule has 10 nitrogen and oxygen atoms in total. The molecular weight excluding hydrogens is 608 g/mol. The number of ether oxygens (including phenoxy) is 2. The monoisotopic (exact) mass is 650 g/mol. The molecule has 10 heteroatoms. The number of alkyl carbamates (subject to hydrolysis) is 2. The van der Waals surface area contributed by atoms with Crippen LogP contribution in [0.25, 0.3) is 0 Å². The van der Waals surface area contributed by atoms with E-state index < -0.39 is 48.2 Å². The Balaban J connectivity index is 1.36. The van der Waals surface area contributed by atoms with E-state index in [9.17, 15) is 19.2 Å². The van der Waals surface area contributed by atoms with Crippen LogP contribution in [0.15, 0.2) is 121 Å². The highest BCUT2D eigenvalue weighted by Gasteiger charge is 2.28. The number of rotatable bonds is 15. The third-order valence-corrected chi connectivity index (χ3v) is 7.70. The van der Waals surface area contributed by atoms with Gasteiger partial charge in [-0.3, -0.25) is 9.59 Å². The van der Waals surface area contributed by atoms with Crippen LogP contribution in [0, 0.1) is 0 Å². The smallest absolute Gasteiger partial charge is 0.408 e. The van der Waals surface area contributed by atoms with Gasteiger partial charge in [-0.1, -0.05) is 121 Å². The van der Waals surface area contributed by atoms with E-state index in [4.69, 9.17) is 9.47 Å². The Morgan fingerprint density at radius 3 is 1.06 bits per heavy atom. The summed E-state index contributed by atoms with van der Waals surface area (Å²) >= 11 is 0. The summed E-state index contributed by atoms with van der Waals surface area (Å²) in [5.74, 6) is -0.875. The molecule has 0 radical (unpaired) electrons. The summed E-state index contributed by atoms with van der Waals surface area (Å²) in [6.45, 7) is 3.63. The van der Waals surface area contributed by atoms with Gasteiger partial charge >= 0.3 is 12.2 Å². The molecule has 0 fully saturated rings. The van der Waals surface area contributed by atoms with Crippen molar-refractivity contribution in [3.05, 3.63) is 144 Å². The minimum absolute atomic E-state index is 0.0593. The summed E-state index contributed by atoms with van der Waals surface area (Å²) < 4.78 is 10.7. The second-order valence-corrected chi connectivity index (χ2v) is 11.5. The number of benzene rings is 4. The van der Waals surface area contributed by atoms with Crippen LogP contribution in [0.3, 0.4) is 0 Å². The molecule has 4 atom stereocenters. The van der Waals surface area contributed by atoms with Gasteiger partial charge < -0.3 is 30.7 Å². The number of nitrogens with one attached hydrogen (secondary N) is 4. The van der Waals surface area contributed by atoms with E-state index in [0.717, 1.165) is 22.3 Å². The van der Waals surface area contributed by atoms with Crippen molar-refractivity contribution in [2.24, 2.45) is 0 Å². The molecule has 4 rings (SSSR count). The molecule has 4 aromatic rings. The molecule has 0 aliphatic rings. The van der Waals surface area contributed by atoms with Gasteiger partial charge in [-0.25, -0.2) is 9.59 Å². The Bertz CT molecular complexity index is 1470. The zero-order valence-corrected chi connectivity index (χ0v) is 27.1. The van der Waals surface area contributed by atoms with Gasteiger partial charge in [-0.05, 0) is 36.1 Å². The van der Waals surface area contributed by atoms with Gasteiger partial charge in [0.25, 0.3) is 0 Å². The lowest BCUT2D eigenvalue weighted by molar-refractivity contribution is -0.126. The number of hydrogen-bond acceptors (Lipinski definition) is 6. The minimum atomic E-state index is -0.937. The SMILES string of the molecule is CC(NC(=O)C(Cc1ccccc1)NC(=O)OCc1ccccc1)C(C)NC(=O)[C@H](Cc1ccccc1)NC(=O)OCc1ccccc1. The largest absolute Gasteiger partial charge is 0.445 e. The van der Waals surface area contributed by atoms with Crippen molar-refractivity contribution >= 4 is 24.0 Å². The van der Waals surface area contributed by atoms with Crippen LogP contribution in [-0.2, 0) is 45.1 Å². The molecule has 3 unspecified atom stereocenters. The fourth-order valence-corrected chi connectivity index (χ4v) is 4.83. The third kappa shape index (κ3) is 11.9. The van der Waals surface area contributed by atoms with Gasteiger partial charge in [0.2, 0.25) is 11.8 Å². The second kappa shape index (κ2) is 18.5. The van der Waals surface area contributed by atoms with Gasteiger partial charge in [0.1, 0.15) is 25.3 Å². The molecule has 0 saturated carbocycles. The highest BCUT2D eigenvalue weighted by Crippen LogP contribution is 2.09. The molecule has 0 heterocycles.